The molecule has 0 unspecified atom stereocenters. The zero-order chi connectivity index (χ0) is 17.6. The molecule has 0 aliphatic rings. The average Bonchev–Trinajstić information content (AvgIpc) is 2.64. The molecular weight excluding hydrogens is 328 g/mol. The van der Waals surface area contributed by atoms with E-state index in [4.69, 9.17) is 0 Å². The molecule has 25 heavy (non-hydrogen) atoms. The van der Waals surface area contributed by atoms with Crippen molar-refractivity contribution in [3.05, 3.63) is 78.0 Å². The van der Waals surface area contributed by atoms with Crippen LogP contribution in [0.15, 0.2) is 55.1 Å². The number of carbonyl (C=O) groups is 1. The third-order valence-corrected chi connectivity index (χ3v) is 3.30. The molecule has 0 atom stereocenters. The van der Waals surface area contributed by atoms with Crippen molar-refractivity contribution in [1.82, 2.24) is 20.3 Å². The monoisotopic (exact) mass is 341 g/mol. The van der Waals surface area contributed by atoms with Gasteiger partial charge in [-0.05, 0) is 29.8 Å². The standard InChI is InChI=1S/C17H13F2N5O/c18-12-2-1-3-13(19)16(12)24-15-10-21-14(9-22-15)17(25)23-8-11-4-6-20-7-5-11/h1-7,9-10H,8H2,(H,22,24)(H,23,25). The Kier molecular flexibility index (Phi) is 4.89. The molecule has 0 aliphatic carbocycles. The Morgan fingerprint density at radius 2 is 1.72 bits per heavy atom. The van der Waals surface area contributed by atoms with E-state index in [-0.39, 0.29) is 17.2 Å². The molecular formula is C17H13F2N5O. The summed E-state index contributed by atoms with van der Waals surface area (Å²) in [4.78, 5) is 23.8. The summed E-state index contributed by atoms with van der Waals surface area (Å²) >= 11 is 0. The number of hydrogen-bond acceptors (Lipinski definition) is 5. The first kappa shape index (κ1) is 16.4. The number of para-hydroxylation sites is 1. The molecule has 126 valence electrons. The van der Waals surface area contributed by atoms with Gasteiger partial charge in [0.15, 0.2) is 0 Å². The molecule has 2 aromatic heterocycles. The summed E-state index contributed by atoms with van der Waals surface area (Å²) in [5.74, 6) is -1.79. The SMILES string of the molecule is O=C(NCc1ccncc1)c1cnc(Nc2c(F)cccc2F)cn1. The average molecular weight is 341 g/mol. The number of benzene rings is 1. The predicted octanol–water partition coefficient (Wildman–Crippen LogP) is 2.82. The fourth-order valence-corrected chi connectivity index (χ4v) is 2.03. The van der Waals surface area contributed by atoms with Crippen LogP contribution in [0.5, 0.6) is 0 Å². The molecule has 3 rings (SSSR count). The van der Waals surface area contributed by atoms with Crippen molar-refractivity contribution in [3.63, 3.8) is 0 Å². The van der Waals surface area contributed by atoms with Crippen LogP contribution in [-0.2, 0) is 6.54 Å². The van der Waals surface area contributed by atoms with E-state index in [0.717, 1.165) is 17.7 Å². The summed E-state index contributed by atoms with van der Waals surface area (Å²) in [6.45, 7) is 0.323. The van der Waals surface area contributed by atoms with E-state index in [1.54, 1.807) is 24.5 Å². The second-order valence-corrected chi connectivity index (χ2v) is 5.05. The minimum atomic E-state index is -0.749. The van der Waals surface area contributed by atoms with Gasteiger partial charge in [-0.2, -0.15) is 0 Å². The third-order valence-electron chi connectivity index (χ3n) is 3.30. The Hall–Kier alpha value is -3.42. The molecule has 3 aromatic rings. The van der Waals surface area contributed by atoms with Crippen LogP contribution in [0.25, 0.3) is 0 Å². The highest BCUT2D eigenvalue weighted by molar-refractivity contribution is 5.92. The maximum absolute atomic E-state index is 13.6. The predicted molar refractivity (Wildman–Crippen MR) is 87.1 cm³/mol. The van der Waals surface area contributed by atoms with Crippen LogP contribution in [0.3, 0.4) is 0 Å². The third kappa shape index (κ3) is 4.11. The number of anilines is 2. The molecule has 0 saturated heterocycles. The van der Waals surface area contributed by atoms with E-state index < -0.39 is 17.5 Å². The van der Waals surface area contributed by atoms with Crippen molar-refractivity contribution in [2.24, 2.45) is 0 Å². The van der Waals surface area contributed by atoms with Gasteiger partial charge in [-0.1, -0.05) is 6.07 Å². The van der Waals surface area contributed by atoms with Gasteiger partial charge in [0.1, 0.15) is 28.8 Å². The first-order valence-electron chi connectivity index (χ1n) is 7.33. The quantitative estimate of drug-likeness (QED) is 0.746. The number of aromatic nitrogens is 3. The van der Waals surface area contributed by atoms with Crippen molar-refractivity contribution in [2.45, 2.75) is 6.54 Å². The Labute approximate surface area is 142 Å². The molecule has 6 nitrogen and oxygen atoms in total. The fourth-order valence-electron chi connectivity index (χ4n) is 2.03. The molecule has 0 aliphatic heterocycles. The van der Waals surface area contributed by atoms with Gasteiger partial charge in [-0.25, -0.2) is 18.7 Å². The zero-order valence-corrected chi connectivity index (χ0v) is 12.9. The van der Waals surface area contributed by atoms with Crippen LogP contribution in [0.1, 0.15) is 16.1 Å². The van der Waals surface area contributed by atoms with Crippen LogP contribution in [0.2, 0.25) is 0 Å². The van der Waals surface area contributed by atoms with E-state index >= 15 is 0 Å². The highest BCUT2D eigenvalue weighted by Crippen LogP contribution is 2.21. The number of hydrogen-bond donors (Lipinski definition) is 2. The van der Waals surface area contributed by atoms with Gasteiger partial charge < -0.3 is 10.6 Å². The smallest absolute Gasteiger partial charge is 0.271 e. The summed E-state index contributed by atoms with van der Waals surface area (Å²) in [6, 6.07) is 7.07. The van der Waals surface area contributed by atoms with Crippen molar-refractivity contribution in [3.8, 4) is 0 Å². The van der Waals surface area contributed by atoms with E-state index in [1.807, 2.05) is 0 Å². The highest BCUT2D eigenvalue weighted by atomic mass is 19.1. The molecule has 1 aromatic carbocycles. The molecule has 0 saturated carbocycles. The molecule has 2 N–H and O–H groups in total. The number of halogens is 2. The number of nitrogens with one attached hydrogen (secondary N) is 2. The summed E-state index contributed by atoms with van der Waals surface area (Å²) < 4.78 is 27.2. The molecule has 0 radical (unpaired) electrons. The van der Waals surface area contributed by atoms with Gasteiger partial charge in [-0.3, -0.25) is 9.78 Å². The minimum absolute atomic E-state index is 0.0913. The first-order chi connectivity index (χ1) is 12.1. The van der Waals surface area contributed by atoms with Crippen LogP contribution in [0.4, 0.5) is 20.3 Å². The molecule has 0 fully saturated rings. The Morgan fingerprint density at radius 1 is 1.00 bits per heavy atom. The van der Waals surface area contributed by atoms with Crippen LogP contribution in [0, 0.1) is 11.6 Å². The zero-order valence-electron chi connectivity index (χ0n) is 12.9. The maximum atomic E-state index is 13.6. The van der Waals surface area contributed by atoms with Gasteiger partial charge in [-0.15, -0.1) is 0 Å². The van der Waals surface area contributed by atoms with Crippen molar-refractivity contribution in [2.75, 3.05) is 5.32 Å². The Bertz CT molecular complexity index is 852. The van der Waals surface area contributed by atoms with Gasteiger partial charge in [0.05, 0.1) is 12.4 Å². The largest absolute Gasteiger partial charge is 0.347 e. The van der Waals surface area contributed by atoms with Crippen LogP contribution >= 0.6 is 0 Å². The highest BCUT2D eigenvalue weighted by Gasteiger charge is 2.11. The lowest BCUT2D eigenvalue weighted by atomic mass is 10.2. The lowest BCUT2D eigenvalue weighted by molar-refractivity contribution is 0.0945. The Balaban J connectivity index is 1.64. The summed E-state index contributed by atoms with van der Waals surface area (Å²) in [5, 5.41) is 5.20. The van der Waals surface area contributed by atoms with E-state index in [9.17, 15) is 13.6 Å². The summed E-state index contributed by atoms with van der Waals surface area (Å²) in [6.07, 6.45) is 5.71. The number of carbonyl (C=O) groups excluding carboxylic acids is 1. The summed E-state index contributed by atoms with van der Waals surface area (Å²) in [7, 11) is 0. The first-order valence-corrected chi connectivity index (χ1v) is 7.33. The maximum Gasteiger partial charge on any atom is 0.271 e. The number of amides is 1. The van der Waals surface area contributed by atoms with E-state index in [0.29, 0.717) is 6.54 Å². The lowest BCUT2D eigenvalue weighted by Crippen LogP contribution is -2.24. The van der Waals surface area contributed by atoms with Crippen molar-refractivity contribution in [1.29, 1.82) is 0 Å². The minimum Gasteiger partial charge on any atom is -0.347 e. The van der Waals surface area contributed by atoms with Gasteiger partial charge in [0.2, 0.25) is 0 Å². The molecule has 0 bridgehead atoms. The summed E-state index contributed by atoms with van der Waals surface area (Å²) in [5.41, 5.74) is 0.657. The normalized spacial score (nSPS) is 10.3. The van der Waals surface area contributed by atoms with Gasteiger partial charge in [0.25, 0.3) is 5.91 Å². The second kappa shape index (κ2) is 7.43. The van der Waals surface area contributed by atoms with Crippen LogP contribution in [-0.4, -0.2) is 20.9 Å². The topological polar surface area (TPSA) is 79.8 Å². The number of pyridine rings is 1. The van der Waals surface area contributed by atoms with E-state index in [1.165, 1.54) is 18.5 Å². The molecule has 2 heterocycles. The van der Waals surface area contributed by atoms with Crippen molar-refractivity contribution >= 4 is 17.4 Å². The molecule has 0 spiro atoms. The van der Waals surface area contributed by atoms with Crippen molar-refractivity contribution < 1.29 is 13.6 Å². The molecule has 1 amide bonds. The van der Waals surface area contributed by atoms with Gasteiger partial charge in [0, 0.05) is 18.9 Å². The fraction of sp³-hybridized carbons (Fsp3) is 0.0588. The lowest BCUT2D eigenvalue weighted by Gasteiger charge is -2.08. The van der Waals surface area contributed by atoms with E-state index in [2.05, 4.69) is 25.6 Å². The second-order valence-electron chi connectivity index (χ2n) is 5.05. The Morgan fingerprint density at radius 3 is 2.36 bits per heavy atom. The molecule has 8 heteroatoms. The number of nitrogens with zero attached hydrogens (tertiary/aromatic N) is 3. The number of rotatable bonds is 5. The van der Waals surface area contributed by atoms with Gasteiger partial charge >= 0.3 is 0 Å². The van der Waals surface area contributed by atoms with Crippen LogP contribution < -0.4 is 10.6 Å².